The van der Waals surface area contributed by atoms with Crippen LogP contribution in [0.15, 0.2) is 48.5 Å². The lowest BCUT2D eigenvalue weighted by Gasteiger charge is -2.28. The van der Waals surface area contributed by atoms with E-state index >= 15 is 0 Å². The van der Waals surface area contributed by atoms with Crippen molar-refractivity contribution < 1.29 is 23.9 Å². The summed E-state index contributed by atoms with van der Waals surface area (Å²) in [6.07, 6.45) is 0.600. The Morgan fingerprint density at radius 1 is 1.08 bits per heavy atom. The molecule has 2 aliphatic heterocycles. The van der Waals surface area contributed by atoms with Gasteiger partial charge < -0.3 is 14.6 Å². The molecule has 0 saturated carbocycles. The standard InChI is InChI=1S/C26H26FN3O4.C2H6/c1-26(2,24(32)33)11-12-28-23(31)21-13-19-18-5-3-4-6-20(18)29(22(19)15-30(21)25(28)34)14-16-7-9-17(27)10-8-16;1-2/h3-10,21H,11-15H2,1-2H3,(H,32,33);1-2H3. The van der Waals surface area contributed by atoms with Crippen LogP contribution in [0.3, 0.4) is 0 Å². The van der Waals surface area contributed by atoms with E-state index in [-0.39, 0.29) is 30.7 Å². The van der Waals surface area contributed by atoms with E-state index in [1.807, 2.05) is 38.1 Å². The molecule has 36 heavy (non-hydrogen) atoms. The summed E-state index contributed by atoms with van der Waals surface area (Å²) in [5.74, 6) is -1.52. The molecule has 2 aromatic carbocycles. The molecule has 1 N–H and O–H groups in total. The number of nitrogens with zero attached hydrogens (tertiary/aromatic N) is 3. The number of fused-ring (bicyclic) bond motifs is 4. The lowest BCUT2D eigenvalue weighted by atomic mass is 9.89. The van der Waals surface area contributed by atoms with Gasteiger partial charge in [-0.2, -0.15) is 0 Å². The lowest BCUT2D eigenvalue weighted by Crippen LogP contribution is -2.40. The number of para-hydroxylation sites is 1. The summed E-state index contributed by atoms with van der Waals surface area (Å²) in [5.41, 5.74) is 2.93. The second kappa shape index (κ2) is 9.76. The molecule has 7 nitrogen and oxygen atoms in total. The molecule has 1 saturated heterocycles. The quantitative estimate of drug-likeness (QED) is 0.488. The van der Waals surface area contributed by atoms with Crippen LogP contribution in [0.4, 0.5) is 9.18 Å². The first-order chi connectivity index (χ1) is 17.2. The number of benzene rings is 2. The number of rotatable bonds is 6. The van der Waals surface area contributed by atoms with Gasteiger partial charge in [-0.15, -0.1) is 0 Å². The van der Waals surface area contributed by atoms with Crippen LogP contribution in [0.5, 0.6) is 0 Å². The van der Waals surface area contributed by atoms with E-state index in [9.17, 15) is 23.9 Å². The molecule has 1 atom stereocenters. The smallest absolute Gasteiger partial charge is 0.327 e. The fourth-order valence-electron chi connectivity index (χ4n) is 4.92. The number of carbonyl (C=O) groups is 3. The van der Waals surface area contributed by atoms with Gasteiger partial charge in [0.2, 0.25) is 0 Å². The molecule has 2 aliphatic rings. The minimum Gasteiger partial charge on any atom is -0.481 e. The van der Waals surface area contributed by atoms with E-state index in [0.717, 1.165) is 27.7 Å². The van der Waals surface area contributed by atoms with Crippen molar-refractivity contribution in [3.8, 4) is 0 Å². The Labute approximate surface area is 210 Å². The van der Waals surface area contributed by atoms with Crippen molar-refractivity contribution in [2.24, 2.45) is 5.41 Å². The maximum atomic E-state index is 13.4. The van der Waals surface area contributed by atoms with Gasteiger partial charge in [-0.05, 0) is 49.6 Å². The Morgan fingerprint density at radius 2 is 1.75 bits per heavy atom. The maximum absolute atomic E-state index is 13.4. The highest BCUT2D eigenvalue weighted by Gasteiger charge is 2.48. The lowest BCUT2D eigenvalue weighted by molar-refractivity contribution is -0.147. The largest absolute Gasteiger partial charge is 0.481 e. The van der Waals surface area contributed by atoms with Crippen LogP contribution < -0.4 is 0 Å². The van der Waals surface area contributed by atoms with Crippen LogP contribution >= 0.6 is 0 Å². The van der Waals surface area contributed by atoms with Gasteiger partial charge in [0, 0.05) is 36.1 Å². The second-order valence-electron chi connectivity index (χ2n) is 9.71. The Bertz CT molecular complexity index is 1310. The summed E-state index contributed by atoms with van der Waals surface area (Å²) in [5, 5.41) is 10.4. The van der Waals surface area contributed by atoms with Gasteiger partial charge in [-0.3, -0.25) is 14.5 Å². The minimum absolute atomic E-state index is 0.0739. The zero-order valence-electron chi connectivity index (χ0n) is 21.1. The number of carboxylic acids is 1. The predicted molar refractivity (Wildman–Crippen MR) is 135 cm³/mol. The first kappa shape index (κ1) is 25.4. The Balaban J connectivity index is 0.00000148. The van der Waals surface area contributed by atoms with Gasteiger partial charge in [0.1, 0.15) is 11.9 Å². The van der Waals surface area contributed by atoms with Crippen LogP contribution in [0.25, 0.3) is 10.9 Å². The van der Waals surface area contributed by atoms with Crippen molar-refractivity contribution in [2.75, 3.05) is 6.54 Å². The number of aromatic nitrogens is 1. The third-order valence-corrected chi connectivity index (χ3v) is 7.11. The topological polar surface area (TPSA) is 82.9 Å². The van der Waals surface area contributed by atoms with Crippen molar-refractivity contribution in [2.45, 2.75) is 59.7 Å². The zero-order valence-corrected chi connectivity index (χ0v) is 21.1. The number of carboxylic acid groups (broad SMARTS) is 1. The number of hydrogen-bond donors (Lipinski definition) is 1. The molecule has 190 valence electrons. The molecule has 0 bridgehead atoms. The molecule has 1 unspecified atom stereocenters. The van der Waals surface area contributed by atoms with E-state index in [2.05, 4.69) is 4.57 Å². The SMILES string of the molecule is CC.CC(C)(CCN1C(=O)C2Cc3c(n(Cc4ccc(F)cc4)c4ccccc34)CN2C1=O)C(=O)O. The van der Waals surface area contributed by atoms with Crippen molar-refractivity contribution >= 4 is 28.8 Å². The van der Waals surface area contributed by atoms with Crippen molar-refractivity contribution in [1.82, 2.24) is 14.4 Å². The molecule has 8 heteroatoms. The third-order valence-electron chi connectivity index (χ3n) is 7.11. The average molecular weight is 494 g/mol. The molecule has 0 radical (unpaired) electrons. The summed E-state index contributed by atoms with van der Waals surface area (Å²) in [6, 6.07) is 13.4. The van der Waals surface area contributed by atoms with Gasteiger partial charge >= 0.3 is 12.0 Å². The minimum atomic E-state index is -1.03. The number of hydrogen-bond acceptors (Lipinski definition) is 3. The number of carbonyl (C=O) groups excluding carboxylic acids is 2. The Kier molecular flexibility index (Phi) is 6.89. The van der Waals surface area contributed by atoms with E-state index in [1.54, 1.807) is 30.9 Å². The Morgan fingerprint density at radius 3 is 2.42 bits per heavy atom. The van der Waals surface area contributed by atoms with Crippen LogP contribution in [0, 0.1) is 11.2 Å². The molecule has 3 aromatic rings. The van der Waals surface area contributed by atoms with E-state index in [0.29, 0.717) is 19.5 Å². The van der Waals surface area contributed by atoms with Crippen LogP contribution in [-0.4, -0.2) is 50.0 Å². The second-order valence-corrected chi connectivity index (χ2v) is 9.71. The van der Waals surface area contributed by atoms with Crippen molar-refractivity contribution in [3.05, 3.63) is 71.2 Å². The van der Waals surface area contributed by atoms with Gasteiger partial charge in [-0.25, -0.2) is 9.18 Å². The molecule has 3 heterocycles. The molecule has 1 fully saturated rings. The molecular weight excluding hydrogens is 461 g/mol. The van der Waals surface area contributed by atoms with Gasteiger partial charge in [-0.1, -0.05) is 44.2 Å². The molecule has 5 rings (SSSR count). The normalized spacial score (nSPS) is 17.1. The fraction of sp³-hybridized carbons (Fsp3) is 0.393. The average Bonchev–Trinajstić information content (AvgIpc) is 3.30. The zero-order chi connectivity index (χ0) is 26.2. The maximum Gasteiger partial charge on any atom is 0.327 e. The summed E-state index contributed by atoms with van der Waals surface area (Å²) < 4.78 is 15.6. The first-order valence-corrected chi connectivity index (χ1v) is 12.4. The number of amides is 3. The molecule has 1 aromatic heterocycles. The molecule has 0 spiro atoms. The third kappa shape index (κ3) is 4.36. The highest BCUT2D eigenvalue weighted by Crippen LogP contribution is 2.37. The van der Waals surface area contributed by atoms with Gasteiger partial charge in [0.05, 0.1) is 12.0 Å². The summed E-state index contributed by atoms with van der Waals surface area (Å²) in [4.78, 5) is 40.6. The number of halogens is 1. The Hall–Kier alpha value is -3.68. The number of urea groups is 1. The van der Waals surface area contributed by atoms with E-state index in [1.165, 1.54) is 17.0 Å². The molecule has 3 amide bonds. The summed E-state index contributed by atoms with van der Waals surface area (Å²) >= 11 is 0. The molecule has 0 aliphatic carbocycles. The van der Waals surface area contributed by atoms with Crippen molar-refractivity contribution in [1.29, 1.82) is 0 Å². The van der Waals surface area contributed by atoms with Gasteiger partial charge in [0.15, 0.2) is 0 Å². The highest BCUT2D eigenvalue weighted by molar-refractivity contribution is 6.05. The summed E-state index contributed by atoms with van der Waals surface area (Å²) in [7, 11) is 0. The first-order valence-electron chi connectivity index (χ1n) is 12.4. The summed E-state index contributed by atoms with van der Waals surface area (Å²) in [6.45, 7) is 8.07. The van der Waals surface area contributed by atoms with Gasteiger partial charge in [0.25, 0.3) is 5.91 Å². The van der Waals surface area contributed by atoms with Crippen LogP contribution in [-0.2, 0) is 29.1 Å². The number of imide groups is 1. The van der Waals surface area contributed by atoms with Crippen LogP contribution in [0.2, 0.25) is 0 Å². The van der Waals surface area contributed by atoms with Crippen molar-refractivity contribution in [3.63, 3.8) is 0 Å². The number of aliphatic carboxylic acids is 1. The highest BCUT2D eigenvalue weighted by atomic mass is 19.1. The monoisotopic (exact) mass is 493 g/mol. The fourth-order valence-corrected chi connectivity index (χ4v) is 4.92. The predicted octanol–water partition coefficient (Wildman–Crippen LogP) is 5.04. The van der Waals surface area contributed by atoms with E-state index in [4.69, 9.17) is 0 Å². The van der Waals surface area contributed by atoms with E-state index < -0.39 is 17.4 Å². The molecular formula is C28H32FN3O4. The van der Waals surface area contributed by atoms with Crippen LogP contribution in [0.1, 0.15) is 50.9 Å².